The van der Waals surface area contributed by atoms with Crippen molar-refractivity contribution in [3.63, 3.8) is 0 Å². The molecule has 92 valence electrons. The highest BCUT2D eigenvalue weighted by molar-refractivity contribution is 9.08. The van der Waals surface area contributed by atoms with E-state index in [1.54, 1.807) is 25.1 Å². The zero-order valence-corrected chi connectivity index (χ0v) is 11.2. The van der Waals surface area contributed by atoms with Gasteiger partial charge in [-0.25, -0.2) is 4.79 Å². The monoisotopic (exact) mass is 300 g/mol. The van der Waals surface area contributed by atoms with Gasteiger partial charge in [0.1, 0.15) is 11.3 Å². The number of rotatable bonds is 4. The summed E-state index contributed by atoms with van der Waals surface area (Å²) in [5, 5.41) is 0.482. The van der Waals surface area contributed by atoms with Crippen molar-refractivity contribution in [3.05, 3.63) is 29.3 Å². The average Bonchev–Trinajstić information content (AvgIpc) is 2.28. The van der Waals surface area contributed by atoms with Crippen LogP contribution in [-0.4, -0.2) is 18.5 Å². The third kappa shape index (κ3) is 3.56. The summed E-state index contributed by atoms with van der Waals surface area (Å²) < 4.78 is 9.94. The molecule has 17 heavy (non-hydrogen) atoms. The highest BCUT2D eigenvalue weighted by atomic mass is 79.9. The number of benzene rings is 1. The Balaban J connectivity index is 3.19. The van der Waals surface area contributed by atoms with Gasteiger partial charge in [0.2, 0.25) is 0 Å². The van der Waals surface area contributed by atoms with Gasteiger partial charge in [-0.15, -0.1) is 0 Å². The molecule has 4 nitrogen and oxygen atoms in total. The largest absolute Gasteiger partial charge is 0.462 e. The molecule has 0 aromatic heterocycles. The van der Waals surface area contributed by atoms with Crippen LogP contribution in [0.25, 0.3) is 0 Å². The van der Waals surface area contributed by atoms with Gasteiger partial charge in [0.25, 0.3) is 0 Å². The van der Waals surface area contributed by atoms with Gasteiger partial charge >= 0.3 is 11.9 Å². The van der Waals surface area contributed by atoms with E-state index in [9.17, 15) is 9.59 Å². The van der Waals surface area contributed by atoms with Crippen molar-refractivity contribution in [2.75, 3.05) is 6.61 Å². The van der Waals surface area contributed by atoms with Crippen molar-refractivity contribution >= 4 is 27.9 Å². The number of ether oxygens (including phenoxy) is 2. The molecule has 0 unspecified atom stereocenters. The molecule has 5 heteroatoms. The normalized spacial score (nSPS) is 9.82. The Morgan fingerprint density at radius 2 is 2.06 bits per heavy atom. The van der Waals surface area contributed by atoms with Gasteiger partial charge in [0, 0.05) is 12.3 Å². The van der Waals surface area contributed by atoms with Gasteiger partial charge in [-0.3, -0.25) is 4.79 Å². The Morgan fingerprint density at radius 1 is 1.35 bits per heavy atom. The first-order valence-corrected chi connectivity index (χ1v) is 6.25. The number of alkyl halides is 1. The molecule has 0 N–H and O–H groups in total. The molecular weight excluding hydrogens is 288 g/mol. The fourth-order valence-corrected chi connectivity index (χ4v) is 1.83. The fourth-order valence-electron chi connectivity index (χ4n) is 1.36. The van der Waals surface area contributed by atoms with Crippen molar-refractivity contribution < 1.29 is 19.1 Å². The molecule has 1 aromatic rings. The first-order valence-electron chi connectivity index (χ1n) is 5.13. The lowest BCUT2D eigenvalue weighted by molar-refractivity contribution is -0.131. The van der Waals surface area contributed by atoms with Crippen LogP contribution in [0, 0.1) is 0 Å². The van der Waals surface area contributed by atoms with Crippen LogP contribution in [0.1, 0.15) is 29.8 Å². The molecule has 0 fully saturated rings. The van der Waals surface area contributed by atoms with Crippen LogP contribution in [0.5, 0.6) is 5.75 Å². The lowest BCUT2D eigenvalue weighted by Gasteiger charge is -2.11. The molecular formula is C12H13BrO4. The van der Waals surface area contributed by atoms with Gasteiger partial charge in [-0.2, -0.15) is 0 Å². The van der Waals surface area contributed by atoms with Crippen LogP contribution in [0.4, 0.5) is 0 Å². The van der Waals surface area contributed by atoms with E-state index in [1.165, 1.54) is 6.92 Å². The third-order valence-corrected chi connectivity index (χ3v) is 2.59. The molecule has 1 aromatic carbocycles. The zero-order valence-electron chi connectivity index (χ0n) is 9.66. The van der Waals surface area contributed by atoms with Crippen LogP contribution in [0.3, 0.4) is 0 Å². The van der Waals surface area contributed by atoms with E-state index in [0.29, 0.717) is 10.9 Å². The summed E-state index contributed by atoms with van der Waals surface area (Å²) >= 11 is 3.28. The van der Waals surface area contributed by atoms with Crippen molar-refractivity contribution in [1.29, 1.82) is 0 Å². The molecule has 0 saturated heterocycles. The summed E-state index contributed by atoms with van der Waals surface area (Å²) in [5.74, 6) is -0.728. The Kier molecular flexibility index (Phi) is 5.15. The van der Waals surface area contributed by atoms with Crippen LogP contribution < -0.4 is 4.74 Å². The third-order valence-electron chi connectivity index (χ3n) is 1.99. The number of esters is 2. The fraction of sp³-hybridized carbons (Fsp3) is 0.333. The summed E-state index contributed by atoms with van der Waals surface area (Å²) in [7, 11) is 0. The minimum absolute atomic E-state index is 0.230. The van der Waals surface area contributed by atoms with Crippen LogP contribution in [0.15, 0.2) is 18.2 Å². The summed E-state index contributed by atoms with van der Waals surface area (Å²) in [6.07, 6.45) is 0. The first-order chi connectivity index (χ1) is 8.10. The molecule has 0 aliphatic rings. The number of hydrogen-bond donors (Lipinski definition) is 0. The van der Waals surface area contributed by atoms with E-state index in [1.807, 2.05) is 0 Å². The molecule has 0 amide bonds. The zero-order chi connectivity index (χ0) is 12.8. The van der Waals surface area contributed by atoms with Crippen LogP contribution in [-0.2, 0) is 14.9 Å². The minimum atomic E-state index is -0.487. The molecule has 0 bridgehead atoms. The maximum atomic E-state index is 11.8. The highest BCUT2D eigenvalue weighted by Crippen LogP contribution is 2.25. The van der Waals surface area contributed by atoms with Gasteiger partial charge < -0.3 is 9.47 Å². The second kappa shape index (κ2) is 6.39. The number of halogens is 1. The molecule has 0 aliphatic carbocycles. The molecule has 1 rings (SSSR count). The molecule has 0 spiro atoms. The SMILES string of the molecule is CCOC(=O)c1c(CBr)cccc1OC(C)=O. The second-order valence-corrected chi connectivity index (χ2v) is 3.80. The van der Waals surface area contributed by atoms with E-state index in [4.69, 9.17) is 9.47 Å². The lowest BCUT2D eigenvalue weighted by atomic mass is 10.1. The maximum absolute atomic E-state index is 11.8. The number of hydrogen-bond acceptors (Lipinski definition) is 4. The van der Waals surface area contributed by atoms with E-state index in [0.717, 1.165) is 5.56 Å². The highest BCUT2D eigenvalue weighted by Gasteiger charge is 2.19. The number of carbonyl (C=O) groups excluding carboxylic acids is 2. The van der Waals surface area contributed by atoms with E-state index >= 15 is 0 Å². The predicted molar refractivity (Wildman–Crippen MR) is 66.3 cm³/mol. The van der Waals surface area contributed by atoms with Gasteiger partial charge in [-0.05, 0) is 18.6 Å². The minimum Gasteiger partial charge on any atom is -0.462 e. The summed E-state index contributed by atoms with van der Waals surface area (Å²) in [6, 6.07) is 5.06. The van der Waals surface area contributed by atoms with E-state index < -0.39 is 11.9 Å². The number of carbonyl (C=O) groups is 2. The Bertz CT molecular complexity index is 429. The Hall–Kier alpha value is -1.36. The van der Waals surface area contributed by atoms with Crippen LogP contribution >= 0.6 is 15.9 Å². The maximum Gasteiger partial charge on any atom is 0.342 e. The van der Waals surface area contributed by atoms with E-state index in [-0.39, 0.29) is 12.4 Å². The van der Waals surface area contributed by atoms with Crippen molar-refractivity contribution in [3.8, 4) is 5.75 Å². The topological polar surface area (TPSA) is 52.6 Å². The standard InChI is InChI=1S/C12H13BrO4/c1-3-16-12(15)11-9(7-13)5-4-6-10(11)17-8(2)14/h4-6H,3,7H2,1-2H3. The van der Waals surface area contributed by atoms with Gasteiger partial charge in [0.15, 0.2) is 0 Å². The van der Waals surface area contributed by atoms with Gasteiger partial charge in [-0.1, -0.05) is 28.1 Å². The Morgan fingerprint density at radius 3 is 2.59 bits per heavy atom. The molecule has 0 heterocycles. The quantitative estimate of drug-likeness (QED) is 0.487. The van der Waals surface area contributed by atoms with Gasteiger partial charge in [0.05, 0.1) is 6.61 Å². The van der Waals surface area contributed by atoms with Crippen molar-refractivity contribution in [2.24, 2.45) is 0 Å². The molecule has 0 saturated carbocycles. The Labute approximate surface area is 108 Å². The molecule has 0 atom stereocenters. The summed E-state index contributed by atoms with van der Waals surface area (Å²) in [5.41, 5.74) is 1.02. The molecule has 0 aliphatic heterocycles. The van der Waals surface area contributed by atoms with Crippen molar-refractivity contribution in [1.82, 2.24) is 0 Å². The lowest BCUT2D eigenvalue weighted by Crippen LogP contribution is -2.12. The first kappa shape index (κ1) is 13.7. The van der Waals surface area contributed by atoms with Crippen molar-refractivity contribution in [2.45, 2.75) is 19.2 Å². The molecule has 0 radical (unpaired) electrons. The smallest absolute Gasteiger partial charge is 0.342 e. The van der Waals surface area contributed by atoms with Crippen LogP contribution in [0.2, 0.25) is 0 Å². The predicted octanol–water partition coefficient (Wildman–Crippen LogP) is 2.68. The average molecular weight is 301 g/mol. The summed E-state index contributed by atoms with van der Waals surface area (Å²) in [6.45, 7) is 3.28. The van der Waals surface area contributed by atoms with E-state index in [2.05, 4.69) is 15.9 Å². The second-order valence-electron chi connectivity index (χ2n) is 3.24. The summed E-state index contributed by atoms with van der Waals surface area (Å²) in [4.78, 5) is 22.8.